The van der Waals surface area contributed by atoms with Crippen LogP contribution in [0.3, 0.4) is 0 Å². The summed E-state index contributed by atoms with van der Waals surface area (Å²) in [5.41, 5.74) is 0.226. The molecule has 0 N–H and O–H groups in total. The molecule has 3 rings (SSSR count). The van der Waals surface area contributed by atoms with Gasteiger partial charge in [0.2, 0.25) is 0 Å². The molecule has 2 heterocycles. The number of nitrogens with zero attached hydrogens (tertiary/aromatic N) is 4. The summed E-state index contributed by atoms with van der Waals surface area (Å²) in [4.78, 5) is 21.1. The predicted octanol–water partition coefficient (Wildman–Crippen LogP) is 3.14. The molecule has 0 aliphatic heterocycles. The van der Waals surface area contributed by atoms with E-state index in [4.69, 9.17) is 0 Å². The van der Waals surface area contributed by atoms with Crippen molar-refractivity contribution in [2.75, 3.05) is 0 Å². The number of aryl methyl sites for hydroxylation is 2. The number of benzene rings is 1. The highest BCUT2D eigenvalue weighted by atomic mass is 19.4. The maximum Gasteiger partial charge on any atom is 0.389 e. The van der Waals surface area contributed by atoms with Gasteiger partial charge in [-0.25, -0.2) is 14.4 Å². The topological polar surface area (TPSA) is 52.7 Å². The van der Waals surface area contributed by atoms with Crippen LogP contribution in [0.5, 0.6) is 0 Å². The first-order valence-electron chi connectivity index (χ1n) is 7.52. The number of alkyl halides is 3. The number of halogens is 4. The van der Waals surface area contributed by atoms with Gasteiger partial charge in [0.15, 0.2) is 11.2 Å². The molecule has 0 fully saturated rings. The zero-order valence-electron chi connectivity index (χ0n) is 13.2. The standard InChI is InChI=1S/C16H14F4N4O/c1-23-9-21-13-14(23)22-12(3-2-8-16(18,19)20)24(15(13)25)11-6-4-10(17)5-7-11/h4-7,9H,2-3,8H2,1H3. The Kier molecular flexibility index (Phi) is 4.32. The Labute approximate surface area is 139 Å². The third kappa shape index (κ3) is 3.54. The smallest absolute Gasteiger partial charge is 0.318 e. The molecule has 1 aromatic carbocycles. The van der Waals surface area contributed by atoms with Gasteiger partial charge in [-0.1, -0.05) is 0 Å². The molecule has 2 aromatic heterocycles. The highest BCUT2D eigenvalue weighted by Gasteiger charge is 2.26. The van der Waals surface area contributed by atoms with Crippen molar-refractivity contribution in [2.45, 2.75) is 25.4 Å². The van der Waals surface area contributed by atoms with Gasteiger partial charge in [-0.15, -0.1) is 0 Å². The number of rotatable bonds is 4. The minimum Gasteiger partial charge on any atom is -0.318 e. The van der Waals surface area contributed by atoms with Crippen LogP contribution in [0.25, 0.3) is 16.9 Å². The van der Waals surface area contributed by atoms with Crippen molar-refractivity contribution in [3.8, 4) is 5.69 Å². The van der Waals surface area contributed by atoms with Crippen LogP contribution in [0.4, 0.5) is 17.6 Å². The second kappa shape index (κ2) is 6.30. The number of hydrogen-bond acceptors (Lipinski definition) is 3. The molecule has 0 saturated carbocycles. The van der Waals surface area contributed by atoms with E-state index < -0.39 is 24.0 Å². The van der Waals surface area contributed by atoms with Gasteiger partial charge in [-0.2, -0.15) is 13.2 Å². The molecule has 0 unspecified atom stereocenters. The zero-order valence-corrected chi connectivity index (χ0v) is 13.2. The van der Waals surface area contributed by atoms with Crippen molar-refractivity contribution in [3.63, 3.8) is 0 Å². The van der Waals surface area contributed by atoms with Gasteiger partial charge < -0.3 is 4.57 Å². The second-order valence-electron chi connectivity index (χ2n) is 5.64. The first kappa shape index (κ1) is 17.1. The monoisotopic (exact) mass is 354 g/mol. The third-order valence-electron chi connectivity index (χ3n) is 3.75. The lowest BCUT2D eigenvalue weighted by atomic mass is 10.2. The van der Waals surface area contributed by atoms with Crippen LogP contribution in [-0.2, 0) is 13.5 Å². The summed E-state index contributed by atoms with van der Waals surface area (Å²) in [6, 6.07) is 5.09. The Balaban J connectivity index is 2.11. The molecule has 0 atom stereocenters. The molecule has 0 radical (unpaired) electrons. The van der Waals surface area contributed by atoms with Gasteiger partial charge in [-0.3, -0.25) is 9.36 Å². The van der Waals surface area contributed by atoms with E-state index >= 15 is 0 Å². The highest BCUT2D eigenvalue weighted by Crippen LogP contribution is 2.23. The minimum atomic E-state index is -4.28. The van der Waals surface area contributed by atoms with Crippen LogP contribution in [-0.4, -0.2) is 25.3 Å². The summed E-state index contributed by atoms with van der Waals surface area (Å²) in [7, 11) is 1.64. The molecule has 0 spiro atoms. The molecule has 0 amide bonds. The molecule has 132 valence electrons. The van der Waals surface area contributed by atoms with Gasteiger partial charge in [-0.05, 0) is 30.7 Å². The SMILES string of the molecule is Cn1cnc2c(=O)n(-c3ccc(F)cc3)c(CCCC(F)(F)F)nc21. The number of fused-ring (bicyclic) bond motifs is 1. The maximum absolute atomic E-state index is 13.1. The molecule has 9 heteroatoms. The Morgan fingerprint density at radius 1 is 1.16 bits per heavy atom. The van der Waals surface area contributed by atoms with E-state index in [1.54, 1.807) is 7.05 Å². The maximum atomic E-state index is 13.1. The van der Waals surface area contributed by atoms with Gasteiger partial charge in [0.25, 0.3) is 5.56 Å². The average Bonchev–Trinajstić information content (AvgIpc) is 2.89. The molecule has 0 aliphatic carbocycles. The molecule has 0 bridgehead atoms. The van der Waals surface area contributed by atoms with Crippen molar-refractivity contribution >= 4 is 11.2 Å². The highest BCUT2D eigenvalue weighted by molar-refractivity contribution is 5.70. The van der Waals surface area contributed by atoms with Gasteiger partial charge >= 0.3 is 6.18 Å². The minimum absolute atomic E-state index is 0.0484. The third-order valence-corrected chi connectivity index (χ3v) is 3.75. The second-order valence-corrected chi connectivity index (χ2v) is 5.64. The average molecular weight is 354 g/mol. The first-order valence-corrected chi connectivity index (χ1v) is 7.52. The van der Waals surface area contributed by atoms with Crippen molar-refractivity contribution in [2.24, 2.45) is 7.05 Å². The van der Waals surface area contributed by atoms with E-state index in [0.717, 1.165) is 0 Å². The van der Waals surface area contributed by atoms with Crippen LogP contribution < -0.4 is 5.56 Å². The van der Waals surface area contributed by atoms with Crippen LogP contribution in [0.1, 0.15) is 18.7 Å². The van der Waals surface area contributed by atoms with Gasteiger partial charge in [0.05, 0.1) is 12.0 Å². The van der Waals surface area contributed by atoms with Gasteiger partial charge in [0, 0.05) is 19.9 Å². The number of imidazole rings is 1. The molecular weight excluding hydrogens is 340 g/mol. The quantitative estimate of drug-likeness (QED) is 0.677. The fourth-order valence-corrected chi connectivity index (χ4v) is 2.57. The lowest BCUT2D eigenvalue weighted by Gasteiger charge is -2.13. The van der Waals surface area contributed by atoms with Crippen molar-refractivity contribution in [1.82, 2.24) is 19.1 Å². The van der Waals surface area contributed by atoms with Gasteiger partial charge in [0.1, 0.15) is 11.6 Å². The Bertz CT molecular complexity index is 957. The molecule has 5 nitrogen and oxygen atoms in total. The van der Waals surface area contributed by atoms with E-state index in [-0.39, 0.29) is 24.2 Å². The largest absolute Gasteiger partial charge is 0.389 e. The van der Waals surface area contributed by atoms with E-state index in [1.807, 2.05) is 0 Å². The summed E-state index contributed by atoms with van der Waals surface area (Å²) in [5, 5.41) is 0. The lowest BCUT2D eigenvalue weighted by molar-refractivity contribution is -0.135. The Morgan fingerprint density at radius 3 is 2.48 bits per heavy atom. The van der Waals surface area contributed by atoms with Crippen molar-refractivity contribution in [3.05, 3.63) is 52.6 Å². The predicted molar refractivity (Wildman–Crippen MR) is 83.1 cm³/mol. The molecule has 0 aliphatic rings. The van der Waals surface area contributed by atoms with Crippen LogP contribution >= 0.6 is 0 Å². The Morgan fingerprint density at radius 2 is 1.84 bits per heavy atom. The van der Waals surface area contributed by atoms with Crippen molar-refractivity contribution in [1.29, 1.82) is 0 Å². The normalized spacial score (nSPS) is 12.0. The first-order chi connectivity index (χ1) is 11.8. The molecule has 0 saturated heterocycles. The number of hydrogen-bond donors (Lipinski definition) is 0. The van der Waals surface area contributed by atoms with E-state index in [2.05, 4.69) is 9.97 Å². The lowest BCUT2D eigenvalue weighted by Crippen LogP contribution is -2.24. The molecular formula is C16H14F4N4O. The van der Waals surface area contributed by atoms with Crippen molar-refractivity contribution < 1.29 is 17.6 Å². The molecule has 3 aromatic rings. The van der Waals surface area contributed by atoms with Crippen LogP contribution in [0.2, 0.25) is 0 Å². The van der Waals surface area contributed by atoms with E-state index in [9.17, 15) is 22.4 Å². The van der Waals surface area contributed by atoms with Crippen LogP contribution in [0.15, 0.2) is 35.4 Å². The Hall–Kier alpha value is -2.71. The zero-order chi connectivity index (χ0) is 18.2. The van der Waals surface area contributed by atoms with Crippen LogP contribution in [0, 0.1) is 5.82 Å². The summed E-state index contributed by atoms with van der Waals surface area (Å²) in [5.74, 6) is -0.306. The summed E-state index contributed by atoms with van der Waals surface area (Å²) in [6.07, 6.45) is -4.10. The summed E-state index contributed by atoms with van der Waals surface area (Å²) in [6.45, 7) is 0. The fourth-order valence-electron chi connectivity index (χ4n) is 2.57. The summed E-state index contributed by atoms with van der Waals surface area (Å²) >= 11 is 0. The van der Waals surface area contributed by atoms with E-state index in [0.29, 0.717) is 11.3 Å². The number of aromatic nitrogens is 4. The summed E-state index contributed by atoms with van der Waals surface area (Å²) < 4.78 is 53.1. The van der Waals surface area contributed by atoms with E-state index in [1.165, 1.54) is 39.7 Å². The molecule has 25 heavy (non-hydrogen) atoms. The fraction of sp³-hybridized carbons (Fsp3) is 0.312.